The van der Waals surface area contributed by atoms with Gasteiger partial charge in [-0.3, -0.25) is 14.6 Å². The molecule has 6 heteroatoms. The zero-order valence-corrected chi connectivity index (χ0v) is 16.3. The summed E-state index contributed by atoms with van der Waals surface area (Å²) in [6.45, 7) is 1.72. The summed E-state index contributed by atoms with van der Waals surface area (Å²) in [5.74, 6) is 0.859. The Bertz CT molecular complexity index is 777. The Labute approximate surface area is 165 Å². The largest absolute Gasteiger partial charge is 0.497 e. The summed E-state index contributed by atoms with van der Waals surface area (Å²) in [5.41, 5.74) is 2.30. The van der Waals surface area contributed by atoms with E-state index in [1.807, 2.05) is 41.3 Å². The van der Waals surface area contributed by atoms with Gasteiger partial charge in [-0.1, -0.05) is 12.1 Å². The fourth-order valence-corrected chi connectivity index (χ4v) is 3.43. The molecule has 0 aliphatic carbocycles. The van der Waals surface area contributed by atoms with Crippen LogP contribution in [0.15, 0.2) is 48.8 Å². The molecule has 148 valence electrons. The molecule has 0 radical (unpaired) electrons. The molecule has 1 fully saturated rings. The van der Waals surface area contributed by atoms with Crippen molar-refractivity contribution in [2.45, 2.75) is 25.7 Å². The lowest BCUT2D eigenvalue weighted by molar-refractivity contribution is -0.138. The Morgan fingerprint density at radius 3 is 2.57 bits per heavy atom. The average molecular weight is 381 g/mol. The Balaban J connectivity index is 1.46. The lowest BCUT2D eigenvalue weighted by atomic mass is 9.96. The van der Waals surface area contributed by atoms with E-state index in [1.165, 1.54) is 0 Å². The third kappa shape index (κ3) is 5.55. The van der Waals surface area contributed by atoms with Crippen molar-refractivity contribution in [1.29, 1.82) is 0 Å². The number of carbonyl (C=O) groups is 2. The van der Waals surface area contributed by atoms with Gasteiger partial charge in [-0.25, -0.2) is 0 Å². The van der Waals surface area contributed by atoms with Crippen LogP contribution in [-0.2, 0) is 22.4 Å². The fourth-order valence-electron chi connectivity index (χ4n) is 3.43. The van der Waals surface area contributed by atoms with Crippen LogP contribution in [0, 0.1) is 5.92 Å². The Kier molecular flexibility index (Phi) is 7.00. The summed E-state index contributed by atoms with van der Waals surface area (Å²) in [7, 11) is 1.64. The molecule has 1 aliphatic heterocycles. The summed E-state index contributed by atoms with van der Waals surface area (Å²) in [6.07, 6.45) is 6.12. The van der Waals surface area contributed by atoms with Crippen LogP contribution >= 0.6 is 0 Å². The first-order valence-electron chi connectivity index (χ1n) is 9.73. The first kappa shape index (κ1) is 19.9. The van der Waals surface area contributed by atoms with Crippen LogP contribution in [0.3, 0.4) is 0 Å². The maximum atomic E-state index is 12.5. The number of likely N-dealkylation sites (tertiary alicyclic amines) is 1. The number of hydrogen-bond acceptors (Lipinski definition) is 4. The smallest absolute Gasteiger partial charge is 0.224 e. The molecule has 6 nitrogen and oxygen atoms in total. The van der Waals surface area contributed by atoms with Gasteiger partial charge in [0.15, 0.2) is 0 Å². The van der Waals surface area contributed by atoms with Gasteiger partial charge in [-0.15, -0.1) is 0 Å². The zero-order valence-electron chi connectivity index (χ0n) is 16.3. The number of aromatic nitrogens is 1. The minimum absolute atomic E-state index is 0.0380. The van der Waals surface area contributed by atoms with E-state index in [4.69, 9.17) is 4.74 Å². The minimum atomic E-state index is -0.133. The molecule has 1 aromatic carbocycles. The third-order valence-corrected chi connectivity index (χ3v) is 5.16. The Morgan fingerprint density at radius 2 is 1.86 bits per heavy atom. The van der Waals surface area contributed by atoms with Gasteiger partial charge in [-0.05, 0) is 54.7 Å². The van der Waals surface area contributed by atoms with Crippen molar-refractivity contribution in [3.8, 4) is 5.75 Å². The van der Waals surface area contributed by atoms with E-state index in [0.717, 1.165) is 29.7 Å². The molecule has 1 aromatic heterocycles. The molecular weight excluding hydrogens is 354 g/mol. The van der Waals surface area contributed by atoms with E-state index in [9.17, 15) is 9.59 Å². The number of methoxy groups -OCH3 is 1. The Morgan fingerprint density at radius 1 is 1.14 bits per heavy atom. The molecule has 2 aromatic rings. The summed E-state index contributed by atoms with van der Waals surface area (Å²) in [6, 6.07) is 11.8. The minimum Gasteiger partial charge on any atom is -0.497 e. The van der Waals surface area contributed by atoms with Gasteiger partial charge in [0, 0.05) is 38.4 Å². The SMILES string of the molecule is COc1ccc(CCN2CC(C(=O)NCCc3ccncc3)CCC2=O)cc1. The molecule has 2 amide bonds. The predicted octanol–water partition coefficient (Wildman–Crippen LogP) is 2.23. The van der Waals surface area contributed by atoms with Gasteiger partial charge in [-0.2, -0.15) is 0 Å². The van der Waals surface area contributed by atoms with Gasteiger partial charge >= 0.3 is 0 Å². The third-order valence-electron chi connectivity index (χ3n) is 5.16. The molecule has 1 N–H and O–H groups in total. The zero-order chi connectivity index (χ0) is 19.8. The topological polar surface area (TPSA) is 71.5 Å². The number of nitrogens with zero attached hydrogens (tertiary/aromatic N) is 2. The number of nitrogens with one attached hydrogen (secondary N) is 1. The van der Waals surface area contributed by atoms with Crippen molar-refractivity contribution in [3.05, 3.63) is 59.9 Å². The summed E-state index contributed by atoms with van der Waals surface area (Å²) < 4.78 is 5.17. The molecule has 3 rings (SSSR count). The molecule has 1 unspecified atom stereocenters. The van der Waals surface area contributed by atoms with E-state index in [0.29, 0.717) is 32.5 Å². The van der Waals surface area contributed by atoms with Crippen molar-refractivity contribution in [2.75, 3.05) is 26.7 Å². The molecule has 0 spiro atoms. The average Bonchev–Trinajstić information content (AvgIpc) is 2.74. The lowest BCUT2D eigenvalue weighted by Crippen LogP contribution is -2.46. The second-order valence-electron chi connectivity index (χ2n) is 7.07. The van der Waals surface area contributed by atoms with Gasteiger partial charge in [0.25, 0.3) is 0 Å². The molecule has 2 heterocycles. The molecule has 28 heavy (non-hydrogen) atoms. The van der Waals surface area contributed by atoms with Crippen LogP contribution in [0.5, 0.6) is 5.75 Å². The van der Waals surface area contributed by atoms with Gasteiger partial charge in [0.05, 0.1) is 13.0 Å². The molecular formula is C22H27N3O3. The first-order chi connectivity index (χ1) is 13.7. The second-order valence-corrected chi connectivity index (χ2v) is 7.07. The number of benzene rings is 1. The van der Waals surface area contributed by atoms with E-state index in [-0.39, 0.29) is 17.7 Å². The monoisotopic (exact) mass is 381 g/mol. The molecule has 0 bridgehead atoms. The number of piperidine rings is 1. The first-order valence-corrected chi connectivity index (χ1v) is 9.73. The number of amides is 2. The van der Waals surface area contributed by atoms with Crippen LogP contribution in [0.2, 0.25) is 0 Å². The number of pyridine rings is 1. The van der Waals surface area contributed by atoms with Gasteiger partial charge < -0.3 is 15.0 Å². The quantitative estimate of drug-likeness (QED) is 0.761. The van der Waals surface area contributed by atoms with Crippen molar-refractivity contribution >= 4 is 11.8 Å². The van der Waals surface area contributed by atoms with Crippen LogP contribution < -0.4 is 10.1 Å². The molecule has 1 aliphatic rings. The van der Waals surface area contributed by atoms with E-state index < -0.39 is 0 Å². The van der Waals surface area contributed by atoms with Crippen molar-refractivity contribution in [3.63, 3.8) is 0 Å². The number of carbonyl (C=O) groups excluding carboxylic acids is 2. The van der Waals surface area contributed by atoms with E-state index >= 15 is 0 Å². The molecule has 1 atom stereocenters. The number of ether oxygens (including phenoxy) is 1. The second kappa shape index (κ2) is 9.88. The van der Waals surface area contributed by atoms with Crippen molar-refractivity contribution in [2.24, 2.45) is 5.92 Å². The normalized spacial score (nSPS) is 16.7. The van der Waals surface area contributed by atoms with Crippen LogP contribution in [-0.4, -0.2) is 48.4 Å². The van der Waals surface area contributed by atoms with Crippen LogP contribution in [0.1, 0.15) is 24.0 Å². The maximum Gasteiger partial charge on any atom is 0.224 e. The van der Waals surface area contributed by atoms with Gasteiger partial charge in [0.1, 0.15) is 5.75 Å². The summed E-state index contributed by atoms with van der Waals surface area (Å²) in [5, 5.41) is 3.01. The number of rotatable bonds is 8. The fraction of sp³-hybridized carbons (Fsp3) is 0.409. The highest BCUT2D eigenvalue weighted by Gasteiger charge is 2.29. The lowest BCUT2D eigenvalue weighted by Gasteiger charge is -2.32. The van der Waals surface area contributed by atoms with Crippen LogP contribution in [0.25, 0.3) is 0 Å². The highest BCUT2D eigenvalue weighted by Crippen LogP contribution is 2.19. The van der Waals surface area contributed by atoms with Crippen molar-refractivity contribution in [1.82, 2.24) is 15.2 Å². The van der Waals surface area contributed by atoms with Crippen molar-refractivity contribution < 1.29 is 14.3 Å². The van der Waals surface area contributed by atoms with E-state index in [1.54, 1.807) is 19.5 Å². The summed E-state index contributed by atoms with van der Waals surface area (Å²) >= 11 is 0. The standard InChI is InChI=1S/C22H27N3O3/c1-28-20-5-2-17(3-6-20)11-15-25-16-19(4-7-21(25)26)22(27)24-14-10-18-8-12-23-13-9-18/h2-3,5-6,8-9,12-13,19H,4,7,10-11,14-16H2,1H3,(H,24,27). The number of hydrogen-bond donors (Lipinski definition) is 1. The highest BCUT2D eigenvalue weighted by molar-refractivity contribution is 5.83. The maximum absolute atomic E-state index is 12.5. The Hall–Kier alpha value is -2.89. The molecule has 1 saturated heterocycles. The van der Waals surface area contributed by atoms with Crippen LogP contribution in [0.4, 0.5) is 0 Å². The summed E-state index contributed by atoms with van der Waals surface area (Å²) in [4.78, 5) is 30.6. The highest BCUT2D eigenvalue weighted by atomic mass is 16.5. The van der Waals surface area contributed by atoms with E-state index in [2.05, 4.69) is 10.3 Å². The molecule has 0 saturated carbocycles. The van der Waals surface area contributed by atoms with Gasteiger partial charge in [0.2, 0.25) is 11.8 Å². The predicted molar refractivity (Wildman–Crippen MR) is 107 cm³/mol.